The van der Waals surface area contributed by atoms with Crippen molar-refractivity contribution in [2.75, 3.05) is 0 Å². The highest BCUT2D eigenvalue weighted by molar-refractivity contribution is 5.01. The fraction of sp³-hybridized carbons (Fsp3) is 1.00. The maximum Gasteiger partial charge on any atom is 0.00955 e. The topological polar surface area (TPSA) is 26.0 Å². The standard InChI is InChI=1S/C12H21N/c1-12(2-3-12)11(13)6-8-4-9-7-10(9)5-8/h8-11H,2-7,13H2,1H3. The summed E-state index contributed by atoms with van der Waals surface area (Å²) < 4.78 is 0. The SMILES string of the molecule is CC1(C(N)CC2CC3CC3C2)CC1. The van der Waals surface area contributed by atoms with Crippen LogP contribution in [0.2, 0.25) is 0 Å². The van der Waals surface area contributed by atoms with Crippen LogP contribution in [0.4, 0.5) is 0 Å². The average Bonchev–Trinajstić information content (AvgIpc) is 2.96. The monoisotopic (exact) mass is 179 g/mol. The molecule has 1 nitrogen and oxygen atoms in total. The Bertz CT molecular complexity index is 209. The molecular weight excluding hydrogens is 158 g/mol. The molecule has 3 saturated carbocycles. The molecule has 3 atom stereocenters. The van der Waals surface area contributed by atoms with E-state index in [0.29, 0.717) is 11.5 Å². The maximum absolute atomic E-state index is 6.25. The molecule has 0 spiro atoms. The van der Waals surface area contributed by atoms with Crippen LogP contribution in [0.3, 0.4) is 0 Å². The first-order chi connectivity index (χ1) is 6.17. The summed E-state index contributed by atoms with van der Waals surface area (Å²) in [5.74, 6) is 3.25. The molecule has 74 valence electrons. The molecule has 3 fully saturated rings. The lowest BCUT2D eigenvalue weighted by atomic mass is 9.88. The average molecular weight is 179 g/mol. The molecule has 3 unspecified atom stereocenters. The van der Waals surface area contributed by atoms with Gasteiger partial charge in [-0.05, 0) is 61.7 Å². The third-order valence-electron chi connectivity index (χ3n) is 4.86. The van der Waals surface area contributed by atoms with Gasteiger partial charge in [0.1, 0.15) is 0 Å². The van der Waals surface area contributed by atoms with Gasteiger partial charge >= 0.3 is 0 Å². The molecular formula is C12H21N. The van der Waals surface area contributed by atoms with E-state index in [1.807, 2.05) is 0 Å². The van der Waals surface area contributed by atoms with Crippen molar-refractivity contribution in [1.29, 1.82) is 0 Å². The van der Waals surface area contributed by atoms with Crippen LogP contribution in [-0.4, -0.2) is 6.04 Å². The molecule has 3 aliphatic rings. The van der Waals surface area contributed by atoms with Crippen LogP contribution in [0.5, 0.6) is 0 Å². The molecule has 0 aromatic rings. The highest BCUT2D eigenvalue weighted by Crippen LogP contribution is 2.57. The summed E-state index contributed by atoms with van der Waals surface area (Å²) in [6, 6.07) is 0.509. The largest absolute Gasteiger partial charge is 0.327 e. The minimum absolute atomic E-state index is 0.509. The summed E-state index contributed by atoms with van der Waals surface area (Å²) in [6.45, 7) is 2.37. The number of hydrogen-bond acceptors (Lipinski definition) is 1. The minimum atomic E-state index is 0.509. The quantitative estimate of drug-likeness (QED) is 0.708. The molecule has 3 rings (SSSR count). The Kier molecular flexibility index (Phi) is 1.59. The van der Waals surface area contributed by atoms with Crippen molar-refractivity contribution in [1.82, 2.24) is 0 Å². The van der Waals surface area contributed by atoms with Crippen molar-refractivity contribution in [3.8, 4) is 0 Å². The first-order valence-electron chi connectivity index (χ1n) is 5.93. The van der Waals surface area contributed by atoms with E-state index in [-0.39, 0.29) is 0 Å². The fourth-order valence-electron chi connectivity index (χ4n) is 3.24. The van der Waals surface area contributed by atoms with Crippen LogP contribution in [0.25, 0.3) is 0 Å². The Balaban J connectivity index is 1.52. The zero-order valence-corrected chi connectivity index (χ0v) is 8.63. The number of rotatable bonds is 3. The third kappa shape index (κ3) is 1.41. The van der Waals surface area contributed by atoms with Gasteiger partial charge in [-0.3, -0.25) is 0 Å². The highest BCUT2D eigenvalue weighted by atomic mass is 14.7. The Morgan fingerprint density at radius 2 is 1.85 bits per heavy atom. The van der Waals surface area contributed by atoms with E-state index in [0.717, 1.165) is 17.8 Å². The first-order valence-corrected chi connectivity index (χ1v) is 5.93. The van der Waals surface area contributed by atoms with Gasteiger partial charge < -0.3 is 5.73 Å². The Morgan fingerprint density at radius 1 is 1.23 bits per heavy atom. The highest BCUT2D eigenvalue weighted by Gasteiger charge is 2.48. The van der Waals surface area contributed by atoms with Gasteiger partial charge in [0.15, 0.2) is 0 Å². The molecule has 13 heavy (non-hydrogen) atoms. The van der Waals surface area contributed by atoms with Crippen molar-refractivity contribution < 1.29 is 0 Å². The second-order valence-electron chi connectivity index (χ2n) is 6.09. The van der Waals surface area contributed by atoms with Crippen molar-refractivity contribution in [3.63, 3.8) is 0 Å². The first kappa shape index (κ1) is 8.28. The molecule has 0 saturated heterocycles. The lowest BCUT2D eigenvalue weighted by molar-refractivity contribution is 0.329. The van der Waals surface area contributed by atoms with Crippen molar-refractivity contribution in [2.45, 2.75) is 51.5 Å². The van der Waals surface area contributed by atoms with E-state index < -0.39 is 0 Å². The molecule has 0 aromatic heterocycles. The minimum Gasteiger partial charge on any atom is -0.327 e. The molecule has 0 amide bonds. The van der Waals surface area contributed by atoms with Crippen LogP contribution in [0.15, 0.2) is 0 Å². The maximum atomic E-state index is 6.25. The molecule has 0 aliphatic heterocycles. The summed E-state index contributed by atoms with van der Waals surface area (Å²) >= 11 is 0. The van der Waals surface area contributed by atoms with Gasteiger partial charge in [-0.2, -0.15) is 0 Å². The van der Waals surface area contributed by atoms with Crippen molar-refractivity contribution in [3.05, 3.63) is 0 Å². The van der Waals surface area contributed by atoms with Gasteiger partial charge in [0.05, 0.1) is 0 Å². The van der Waals surface area contributed by atoms with Gasteiger partial charge in [-0.25, -0.2) is 0 Å². The van der Waals surface area contributed by atoms with Crippen LogP contribution in [-0.2, 0) is 0 Å². The molecule has 3 aliphatic carbocycles. The van der Waals surface area contributed by atoms with Gasteiger partial charge in [0, 0.05) is 6.04 Å². The van der Waals surface area contributed by atoms with Crippen molar-refractivity contribution in [2.24, 2.45) is 28.9 Å². The second kappa shape index (κ2) is 2.50. The number of hydrogen-bond donors (Lipinski definition) is 1. The van der Waals surface area contributed by atoms with E-state index in [1.54, 1.807) is 6.42 Å². The van der Waals surface area contributed by atoms with Crippen LogP contribution < -0.4 is 5.73 Å². The van der Waals surface area contributed by atoms with Crippen molar-refractivity contribution >= 4 is 0 Å². The fourth-order valence-corrected chi connectivity index (χ4v) is 3.24. The summed E-state index contributed by atoms with van der Waals surface area (Å²) in [5.41, 5.74) is 6.80. The Morgan fingerprint density at radius 3 is 2.38 bits per heavy atom. The van der Waals surface area contributed by atoms with E-state index >= 15 is 0 Å². The van der Waals surface area contributed by atoms with Gasteiger partial charge in [-0.15, -0.1) is 0 Å². The molecule has 1 heteroatoms. The molecule has 0 heterocycles. The molecule has 2 N–H and O–H groups in total. The lowest BCUT2D eigenvalue weighted by Crippen LogP contribution is -2.31. The third-order valence-corrected chi connectivity index (χ3v) is 4.86. The Labute approximate surface area is 81.1 Å². The van der Waals surface area contributed by atoms with Gasteiger partial charge in [0.2, 0.25) is 0 Å². The smallest absolute Gasteiger partial charge is 0.00955 e. The number of fused-ring (bicyclic) bond motifs is 1. The van der Waals surface area contributed by atoms with Crippen LogP contribution in [0.1, 0.15) is 45.4 Å². The van der Waals surface area contributed by atoms with E-state index in [9.17, 15) is 0 Å². The predicted molar refractivity (Wildman–Crippen MR) is 54.3 cm³/mol. The molecule has 0 bridgehead atoms. The summed E-state index contributed by atoms with van der Waals surface area (Å²) in [4.78, 5) is 0. The van der Waals surface area contributed by atoms with Crippen LogP contribution >= 0.6 is 0 Å². The van der Waals surface area contributed by atoms with Gasteiger partial charge in [-0.1, -0.05) is 6.92 Å². The second-order valence-corrected chi connectivity index (χ2v) is 6.09. The molecule has 0 radical (unpaired) electrons. The normalized spacial score (nSPS) is 47.1. The van der Waals surface area contributed by atoms with Crippen LogP contribution in [0, 0.1) is 23.2 Å². The van der Waals surface area contributed by atoms with E-state index in [4.69, 9.17) is 5.73 Å². The zero-order valence-electron chi connectivity index (χ0n) is 8.63. The number of nitrogens with two attached hydrogens (primary N) is 1. The summed E-state index contributed by atoms with van der Waals surface area (Å²) in [7, 11) is 0. The summed E-state index contributed by atoms with van der Waals surface area (Å²) in [5, 5.41) is 0. The zero-order chi connectivity index (χ0) is 9.05. The van der Waals surface area contributed by atoms with E-state index in [1.165, 1.54) is 32.1 Å². The predicted octanol–water partition coefficient (Wildman–Crippen LogP) is 2.55. The van der Waals surface area contributed by atoms with Gasteiger partial charge in [0.25, 0.3) is 0 Å². The lowest BCUT2D eigenvalue weighted by Gasteiger charge is -2.22. The Hall–Kier alpha value is -0.0400. The van der Waals surface area contributed by atoms with E-state index in [2.05, 4.69) is 6.92 Å². The molecule has 0 aromatic carbocycles. The summed E-state index contributed by atoms with van der Waals surface area (Å²) in [6.07, 6.45) is 8.65.